The van der Waals surface area contributed by atoms with Gasteiger partial charge in [-0.05, 0) is 73.3 Å². The Balaban J connectivity index is 1.51. The number of nitrogens with zero attached hydrogens (tertiary/aromatic N) is 3. The van der Waals surface area contributed by atoms with Crippen LogP contribution in [0.4, 0.5) is 5.82 Å². The van der Waals surface area contributed by atoms with Crippen molar-refractivity contribution in [3.8, 4) is 0 Å². The lowest BCUT2D eigenvalue weighted by atomic mass is 9.94. The summed E-state index contributed by atoms with van der Waals surface area (Å²) < 4.78 is 0.882. The fourth-order valence-corrected chi connectivity index (χ4v) is 4.31. The molecule has 6 nitrogen and oxygen atoms in total. The van der Waals surface area contributed by atoms with Crippen molar-refractivity contribution in [1.29, 1.82) is 0 Å². The van der Waals surface area contributed by atoms with E-state index >= 15 is 0 Å². The number of carbonyl (C=O) groups excluding carboxylic acids is 2. The molecule has 3 rings (SSSR count). The Morgan fingerprint density at radius 3 is 2.63 bits per heavy atom. The fraction of sp³-hybridized carbons (Fsp3) is 0.650. The van der Waals surface area contributed by atoms with E-state index < -0.39 is 0 Å². The molecule has 3 heterocycles. The predicted octanol–water partition coefficient (Wildman–Crippen LogP) is 3.29. The van der Waals surface area contributed by atoms with Gasteiger partial charge in [0.25, 0.3) is 0 Å². The molecule has 148 valence electrons. The normalized spacial score (nSPS) is 21.9. The van der Waals surface area contributed by atoms with Crippen molar-refractivity contribution < 1.29 is 9.59 Å². The highest BCUT2D eigenvalue weighted by molar-refractivity contribution is 9.10. The van der Waals surface area contributed by atoms with Crippen LogP contribution in [0.15, 0.2) is 22.8 Å². The monoisotopic (exact) mass is 436 g/mol. The number of likely N-dealkylation sites (tertiary alicyclic amines) is 2. The predicted molar refractivity (Wildman–Crippen MR) is 109 cm³/mol. The van der Waals surface area contributed by atoms with Crippen molar-refractivity contribution in [3.63, 3.8) is 0 Å². The molecule has 1 N–H and O–H groups in total. The summed E-state index contributed by atoms with van der Waals surface area (Å²) in [6.45, 7) is 5.53. The van der Waals surface area contributed by atoms with Crippen LogP contribution in [0.5, 0.6) is 0 Å². The molecule has 0 saturated carbocycles. The maximum absolute atomic E-state index is 13.0. The summed E-state index contributed by atoms with van der Waals surface area (Å²) in [5.41, 5.74) is 0. The Labute approximate surface area is 169 Å². The van der Waals surface area contributed by atoms with Gasteiger partial charge in [0.2, 0.25) is 11.8 Å². The minimum atomic E-state index is -0.0578. The second kappa shape index (κ2) is 9.64. The lowest BCUT2D eigenvalue weighted by Gasteiger charge is -2.39. The van der Waals surface area contributed by atoms with Gasteiger partial charge < -0.3 is 10.2 Å². The van der Waals surface area contributed by atoms with Crippen molar-refractivity contribution in [3.05, 3.63) is 22.8 Å². The van der Waals surface area contributed by atoms with E-state index in [1.165, 1.54) is 6.42 Å². The molecule has 1 unspecified atom stereocenters. The average Bonchev–Trinajstić information content (AvgIpc) is 2.70. The molecule has 27 heavy (non-hydrogen) atoms. The molecule has 2 amide bonds. The molecule has 0 spiro atoms. The van der Waals surface area contributed by atoms with E-state index in [4.69, 9.17) is 0 Å². The van der Waals surface area contributed by atoms with Crippen molar-refractivity contribution in [2.24, 2.45) is 5.92 Å². The molecule has 2 fully saturated rings. The van der Waals surface area contributed by atoms with Gasteiger partial charge in [0.05, 0.1) is 6.04 Å². The highest BCUT2D eigenvalue weighted by Gasteiger charge is 2.34. The van der Waals surface area contributed by atoms with E-state index in [2.05, 4.69) is 38.1 Å². The van der Waals surface area contributed by atoms with Crippen LogP contribution >= 0.6 is 15.9 Å². The Morgan fingerprint density at radius 2 is 1.96 bits per heavy atom. The number of rotatable bonds is 5. The fourth-order valence-electron chi connectivity index (χ4n) is 4.08. The summed E-state index contributed by atoms with van der Waals surface area (Å²) in [7, 11) is 0. The van der Waals surface area contributed by atoms with Gasteiger partial charge in [-0.3, -0.25) is 14.5 Å². The van der Waals surface area contributed by atoms with Gasteiger partial charge in [-0.15, -0.1) is 0 Å². The first-order chi connectivity index (χ1) is 13.1. The third-order valence-corrected chi connectivity index (χ3v) is 6.03. The van der Waals surface area contributed by atoms with Gasteiger partial charge in [-0.2, -0.15) is 0 Å². The number of hydrogen-bond donors (Lipinski definition) is 1. The van der Waals surface area contributed by atoms with Gasteiger partial charge in [0.1, 0.15) is 5.82 Å². The zero-order valence-corrected chi connectivity index (χ0v) is 17.6. The van der Waals surface area contributed by atoms with Crippen LogP contribution in [0.1, 0.15) is 45.4 Å². The molecule has 1 atom stereocenters. The van der Waals surface area contributed by atoms with E-state index in [0.717, 1.165) is 36.8 Å². The first kappa shape index (κ1) is 20.3. The minimum Gasteiger partial charge on any atom is -0.341 e. The third-order valence-electron chi connectivity index (χ3n) is 5.57. The number of hydrogen-bond acceptors (Lipinski definition) is 4. The summed E-state index contributed by atoms with van der Waals surface area (Å²) in [5.74, 6) is 0.774. The summed E-state index contributed by atoms with van der Waals surface area (Å²) in [6.07, 6.45) is 7.47. The number of piperidine rings is 2. The number of halogens is 1. The van der Waals surface area contributed by atoms with Crippen LogP contribution < -0.4 is 5.32 Å². The molecule has 2 aliphatic rings. The van der Waals surface area contributed by atoms with E-state index in [9.17, 15) is 9.59 Å². The number of pyridine rings is 1. The molecule has 0 aromatic carbocycles. The van der Waals surface area contributed by atoms with Crippen molar-refractivity contribution in [2.75, 3.05) is 31.5 Å². The first-order valence-electron chi connectivity index (χ1n) is 10.0. The number of carbonyl (C=O) groups is 2. The largest absolute Gasteiger partial charge is 0.341 e. The van der Waals surface area contributed by atoms with Crippen LogP contribution in [-0.2, 0) is 9.59 Å². The SMILES string of the molecule is CCCN1CCCCC1C(=O)N1CCC(C(=O)Nc2ccc(Br)cn2)CC1. The van der Waals surface area contributed by atoms with Gasteiger partial charge in [-0.1, -0.05) is 13.3 Å². The summed E-state index contributed by atoms with van der Waals surface area (Å²) >= 11 is 3.34. The lowest BCUT2D eigenvalue weighted by molar-refractivity contribution is -0.141. The molecule has 2 saturated heterocycles. The molecular formula is C20H29BrN4O2. The van der Waals surface area contributed by atoms with Crippen LogP contribution in [0, 0.1) is 5.92 Å². The average molecular weight is 437 g/mol. The van der Waals surface area contributed by atoms with Crippen molar-refractivity contribution in [1.82, 2.24) is 14.8 Å². The molecule has 2 aliphatic heterocycles. The lowest BCUT2D eigenvalue weighted by Crippen LogP contribution is -2.53. The van der Waals surface area contributed by atoms with E-state index in [-0.39, 0.29) is 23.8 Å². The number of anilines is 1. The van der Waals surface area contributed by atoms with Gasteiger partial charge in [-0.25, -0.2) is 4.98 Å². The highest BCUT2D eigenvalue weighted by Crippen LogP contribution is 2.24. The van der Waals surface area contributed by atoms with Crippen molar-refractivity contribution >= 4 is 33.6 Å². The van der Waals surface area contributed by atoms with Crippen LogP contribution in [0.25, 0.3) is 0 Å². The topological polar surface area (TPSA) is 65.5 Å². The molecule has 0 aliphatic carbocycles. The zero-order valence-electron chi connectivity index (χ0n) is 16.0. The molecule has 1 aromatic rings. The van der Waals surface area contributed by atoms with E-state index in [0.29, 0.717) is 31.7 Å². The molecule has 0 radical (unpaired) electrons. The first-order valence-corrected chi connectivity index (χ1v) is 10.8. The third kappa shape index (κ3) is 5.29. The van der Waals surface area contributed by atoms with E-state index in [1.807, 2.05) is 11.0 Å². The molecule has 1 aromatic heterocycles. The zero-order chi connectivity index (χ0) is 19.2. The van der Waals surface area contributed by atoms with Crippen LogP contribution in [-0.4, -0.2) is 58.8 Å². The van der Waals surface area contributed by atoms with Gasteiger partial charge in [0.15, 0.2) is 0 Å². The van der Waals surface area contributed by atoms with Gasteiger partial charge in [0, 0.05) is 29.7 Å². The van der Waals surface area contributed by atoms with E-state index in [1.54, 1.807) is 12.3 Å². The Morgan fingerprint density at radius 1 is 1.19 bits per heavy atom. The summed E-state index contributed by atoms with van der Waals surface area (Å²) in [4.78, 5) is 34.0. The Kier molecular flexibility index (Phi) is 7.24. The number of nitrogens with one attached hydrogen (secondary N) is 1. The summed E-state index contributed by atoms with van der Waals surface area (Å²) in [5, 5.41) is 2.89. The maximum Gasteiger partial charge on any atom is 0.239 e. The van der Waals surface area contributed by atoms with Crippen LogP contribution in [0.3, 0.4) is 0 Å². The minimum absolute atomic E-state index is 0.00203. The highest BCUT2D eigenvalue weighted by atomic mass is 79.9. The second-order valence-corrected chi connectivity index (χ2v) is 8.41. The quantitative estimate of drug-likeness (QED) is 0.768. The Bertz CT molecular complexity index is 642. The van der Waals surface area contributed by atoms with Gasteiger partial charge >= 0.3 is 0 Å². The number of aromatic nitrogens is 1. The molecule has 7 heteroatoms. The summed E-state index contributed by atoms with van der Waals surface area (Å²) in [6, 6.07) is 3.68. The Hall–Kier alpha value is -1.47. The molecular weight excluding hydrogens is 408 g/mol. The standard InChI is InChI=1S/C20H29BrN4O2/c1-2-10-24-11-4-3-5-17(24)20(27)25-12-8-15(9-13-25)19(26)23-18-7-6-16(21)14-22-18/h6-7,14-15,17H,2-5,8-13H2,1H3,(H,22,23,26). The number of amides is 2. The smallest absolute Gasteiger partial charge is 0.239 e. The van der Waals surface area contributed by atoms with Crippen molar-refractivity contribution in [2.45, 2.75) is 51.5 Å². The second-order valence-electron chi connectivity index (χ2n) is 7.50. The maximum atomic E-state index is 13.0. The molecule has 0 bridgehead atoms. The van der Waals surface area contributed by atoms with Crippen LogP contribution in [0.2, 0.25) is 0 Å².